The van der Waals surface area contributed by atoms with Crippen molar-refractivity contribution in [2.75, 3.05) is 31.1 Å². The quantitative estimate of drug-likeness (QED) is 0.751. The largest absolute Gasteiger partial charge is 0.338 e. The number of rotatable bonds is 2. The Bertz CT molecular complexity index is 829. The molecule has 0 atom stereocenters. The second-order valence-corrected chi connectivity index (χ2v) is 6.55. The number of piperazine rings is 1. The van der Waals surface area contributed by atoms with E-state index in [1.165, 1.54) is 0 Å². The number of fused-ring (bicyclic) bond motifs is 1. The van der Waals surface area contributed by atoms with Gasteiger partial charge in [-0.25, -0.2) is 9.97 Å². The summed E-state index contributed by atoms with van der Waals surface area (Å²) in [5.41, 5.74) is 3.09. The molecule has 116 valence electrons. The molecule has 0 saturated carbocycles. The number of halogens is 1. The Balaban J connectivity index is 1.91. The Kier molecular flexibility index (Phi) is 3.97. The lowest BCUT2D eigenvalue weighted by molar-refractivity contribution is 0.581. The van der Waals surface area contributed by atoms with Crippen LogP contribution >= 0.6 is 15.9 Å². The Morgan fingerprint density at radius 3 is 2.52 bits per heavy atom. The Morgan fingerprint density at radius 1 is 0.957 bits per heavy atom. The number of benzene rings is 2. The van der Waals surface area contributed by atoms with E-state index in [-0.39, 0.29) is 0 Å². The zero-order valence-electron chi connectivity index (χ0n) is 12.7. The van der Waals surface area contributed by atoms with E-state index in [1.807, 2.05) is 24.3 Å². The minimum atomic E-state index is 0.820. The van der Waals surface area contributed by atoms with Crippen molar-refractivity contribution in [1.29, 1.82) is 0 Å². The van der Waals surface area contributed by atoms with Crippen LogP contribution in [0.15, 0.2) is 53.0 Å². The average molecular weight is 369 g/mol. The molecule has 1 N–H and O–H groups in total. The smallest absolute Gasteiger partial charge is 0.226 e. The van der Waals surface area contributed by atoms with E-state index >= 15 is 0 Å². The predicted octanol–water partition coefficient (Wildman–Crippen LogP) is 3.47. The van der Waals surface area contributed by atoms with Crippen LogP contribution in [0.5, 0.6) is 0 Å². The minimum absolute atomic E-state index is 0.820. The zero-order valence-corrected chi connectivity index (χ0v) is 14.3. The monoisotopic (exact) mass is 368 g/mol. The molecule has 0 bridgehead atoms. The van der Waals surface area contributed by atoms with Crippen molar-refractivity contribution in [2.45, 2.75) is 0 Å². The van der Waals surface area contributed by atoms with Crippen LogP contribution in [-0.4, -0.2) is 36.1 Å². The lowest BCUT2D eigenvalue weighted by Crippen LogP contribution is -2.44. The number of nitrogens with one attached hydrogen (secondary N) is 1. The van der Waals surface area contributed by atoms with Gasteiger partial charge in [0.2, 0.25) is 5.95 Å². The van der Waals surface area contributed by atoms with Crippen LogP contribution in [0.1, 0.15) is 0 Å². The number of aromatic nitrogens is 2. The van der Waals surface area contributed by atoms with Gasteiger partial charge in [0.1, 0.15) is 0 Å². The molecule has 1 saturated heterocycles. The highest BCUT2D eigenvalue weighted by molar-refractivity contribution is 9.10. The molecule has 23 heavy (non-hydrogen) atoms. The van der Waals surface area contributed by atoms with Crippen LogP contribution < -0.4 is 10.2 Å². The molecule has 0 amide bonds. The number of anilines is 1. The fourth-order valence-corrected chi connectivity index (χ4v) is 3.27. The van der Waals surface area contributed by atoms with E-state index in [2.05, 4.69) is 50.4 Å². The molecule has 0 aliphatic carbocycles. The van der Waals surface area contributed by atoms with Gasteiger partial charge in [0.05, 0.1) is 11.2 Å². The molecule has 4 nitrogen and oxygen atoms in total. The first-order valence-corrected chi connectivity index (χ1v) is 8.59. The fourth-order valence-electron chi connectivity index (χ4n) is 2.91. The molecule has 1 aliphatic rings. The summed E-state index contributed by atoms with van der Waals surface area (Å²) >= 11 is 3.56. The molecule has 2 aromatic carbocycles. The molecular weight excluding hydrogens is 352 g/mol. The van der Waals surface area contributed by atoms with Gasteiger partial charge < -0.3 is 10.2 Å². The summed E-state index contributed by atoms with van der Waals surface area (Å²) in [5.74, 6) is 0.820. The van der Waals surface area contributed by atoms with Crippen LogP contribution in [-0.2, 0) is 0 Å². The Labute approximate surface area is 143 Å². The standard InChI is InChI=1S/C18H17BrN4/c19-14-6-7-16-15(12-14)17(13-4-2-1-3-5-13)22-18(21-16)23-10-8-20-9-11-23/h1-7,12,20H,8-11H2. The normalized spacial score (nSPS) is 15.1. The molecule has 1 fully saturated rings. The summed E-state index contributed by atoms with van der Waals surface area (Å²) in [6.45, 7) is 3.83. The number of hydrogen-bond acceptors (Lipinski definition) is 4. The van der Waals surface area contributed by atoms with Crippen molar-refractivity contribution in [1.82, 2.24) is 15.3 Å². The van der Waals surface area contributed by atoms with Gasteiger partial charge in [-0.15, -0.1) is 0 Å². The summed E-state index contributed by atoms with van der Waals surface area (Å²) in [5, 5.41) is 4.45. The summed E-state index contributed by atoms with van der Waals surface area (Å²) in [6.07, 6.45) is 0. The van der Waals surface area contributed by atoms with Gasteiger partial charge in [0.25, 0.3) is 0 Å². The van der Waals surface area contributed by atoms with Gasteiger partial charge in [-0.2, -0.15) is 0 Å². The third-order valence-corrected chi connectivity index (χ3v) is 4.59. The summed E-state index contributed by atoms with van der Waals surface area (Å²) in [6, 6.07) is 16.5. The van der Waals surface area contributed by atoms with Crippen molar-refractivity contribution >= 4 is 32.8 Å². The van der Waals surface area contributed by atoms with Crippen molar-refractivity contribution in [3.8, 4) is 11.3 Å². The predicted molar refractivity (Wildman–Crippen MR) is 97.8 cm³/mol. The van der Waals surface area contributed by atoms with Crippen LogP contribution in [0.2, 0.25) is 0 Å². The Morgan fingerprint density at radius 2 is 1.74 bits per heavy atom. The third-order valence-electron chi connectivity index (χ3n) is 4.09. The van der Waals surface area contributed by atoms with Crippen LogP contribution in [0.4, 0.5) is 5.95 Å². The van der Waals surface area contributed by atoms with Gasteiger partial charge in [0, 0.05) is 41.6 Å². The average Bonchev–Trinajstić information content (AvgIpc) is 2.62. The van der Waals surface area contributed by atoms with E-state index in [9.17, 15) is 0 Å². The van der Waals surface area contributed by atoms with Crippen molar-refractivity contribution < 1.29 is 0 Å². The second-order valence-electron chi connectivity index (χ2n) is 5.64. The first-order valence-electron chi connectivity index (χ1n) is 7.80. The number of nitrogens with zero attached hydrogens (tertiary/aromatic N) is 3. The van der Waals surface area contributed by atoms with Gasteiger partial charge in [-0.1, -0.05) is 46.3 Å². The van der Waals surface area contributed by atoms with Gasteiger partial charge in [-0.05, 0) is 18.2 Å². The maximum absolute atomic E-state index is 4.90. The molecule has 2 heterocycles. The summed E-state index contributed by atoms with van der Waals surface area (Å²) in [7, 11) is 0. The molecule has 5 heteroatoms. The lowest BCUT2D eigenvalue weighted by atomic mass is 10.1. The highest BCUT2D eigenvalue weighted by atomic mass is 79.9. The van der Waals surface area contributed by atoms with Crippen molar-refractivity contribution in [2.24, 2.45) is 0 Å². The van der Waals surface area contributed by atoms with Gasteiger partial charge in [0.15, 0.2) is 0 Å². The zero-order chi connectivity index (χ0) is 15.6. The van der Waals surface area contributed by atoms with Crippen LogP contribution in [0.3, 0.4) is 0 Å². The van der Waals surface area contributed by atoms with E-state index in [4.69, 9.17) is 9.97 Å². The molecular formula is C18H17BrN4. The van der Waals surface area contributed by atoms with Crippen LogP contribution in [0.25, 0.3) is 22.2 Å². The highest BCUT2D eigenvalue weighted by Crippen LogP contribution is 2.30. The topological polar surface area (TPSA) is 41.1 Å². The first kappa shape index (κ1) is 14.6. The van der Waals surface area contributed by atoms with Gasteiger partial charge >= 0.3 is 0 Å². The van der Waals surface area contributed by atoms with Crippen LogP contribution in [0, 0.1) is 0 Å². The molecule has 0 unspecified atom stereocenters. The van der Waals surface area contributed by atoms with Gasteiger partial charge in [-0.3, -0.25) is 0 Å². The first-order chi connectivity index (χ1) is 11.3. The van der Waals surface area contributed by atoms with Crippen molar-refractivity contribution in [3.05, 3.63) is 53.0 Å². The van der Waals surface area contributed by atoms with E-state index in [0.29, 0.717) is 0 Å². The minimum Gasteiger partial charge on any atom is -0.338 e. The fraction of sp³-hybridized carbons (Fsp3) is 0.222. The molecule has 4 rings (SSSR count). The highest BCUT2D eigenvalue weighted by Gasteiger charge is 2.16. The van der Waals surface area contributed by atoms with E-state index < -0.39 is 0 Å². The molecule has 0 spiro atoms. The Hall–Kier alpha value is -1.98. The maximum Gasteiger partial charge on any atom is 0.226 e. The molecule has 3 aromatic rings. The molecule has 1 aromatic heterocycles. The van der Waals surface area contributed by atoms with E-state index in [0.717, 1.165) is 58.8 Å². The summed E-state index contributed by atoms with van der Waals surface area (Å²) < 4.78 is 1.04. The third kappa shape index (κ3) is 2.94. The van der Waals surface area contributed by atoms with E-state index in [1.54, 1.807) is 0 Å². The second kappa shape index (κ2) is 6.26. The van der Waals surface area contributed by atoms with Crippen molar-refractivity contribution in [3.63, 3.8) is 0 Å². The SMILES string of the molecule is Brc1ccc2nc(N3CCNCC3)nc(-c3ccccc3)c2c1. The maximum atomic E-state index is 4.90. The lowest BCUT2D eigenvalue weighted by Gasteiger charge is -2.28. The summed E-state index contributed by atoms with van der Waals surface area (Å²) in [4.78, 5) is 11.9. The molecule has 0 radical (unpaired) electrons. The number of hydrogen-bond donors (Lipinski definition) is 1. The molecule has 1 aliphatic heterocycles.